The van der Waals surface area contributed by atoms with Crippen molar-refractivity contribution in [2.45, 2.75) is 25.4 Å². The minimum Gasteiger partial charge on any atom is -0.474 e. The van der Waals surface area contributed by atoms with Gasteiger partial charge >= 0.3 is 5.97 Å². The first-order valence-electron chi connectivity index (χ1n) is 6.46. The van der Waals surface area contributed by atoms with Crippen molar-refractivity contribution in [3.8, 4) is 5.88 Å². The molecule has 3 rings (SSSR count). The van der Waals surface area contributed by atoms with Gasteiger partial charge in [0, 0.05) is 11.5 Å². The minimum absolute atomic E-state index is 0.256. The lowest BCUT2D eigenvalue weighted by atomic mass is 9.96. The zero-order chi connectivity index (χ0) is 14.8. The molecule has 1 saturated carbocycles. The molecule has 0 atom stereocenters. The zero-order valence-corrected chi connectivity index (χ0v) is 14.2. The van der Waals surface area contributed by atoms with Crippen LogP contribution in [0.4, 0.5) is 0 Å². The van der Waals surface area contributed by atoms with Crippen molar-refractivity contribution in [2.24, 2.45) is 0 Å². The molecule has 0 aliphatic heterocycles. The van der Waals surface area contributed by atoms with Gasteiger partial charge in [0.1, 0.15) is 47.0 Å². The van der Waals surface area contributed by atoms with Gasteiger partial charge in [-0.2, -0.15) is 4.98 Å². The summed E-state index contributed by atoms with van der Waals surface area (Å²) in [5, 5.41) is 0.831. The number of fused-ring (bicyclic) bond motifs is 1. The second-order valence-electron chi connectivity index (χ2n) is 4.69. The second-order valence-corrected chi connectivity index (χ2v) is 6.41. The van der Waals surface area contributed by atoms with E-state index in [1.165, 1.54) is 13.5 Å². The summed E-state index contributed by atoms with van der Waals surface area (Å²) < 4.78 is 17.2. The Morgan fingerprint density at radius 3 is 2.90 bits per heavy atom. The van der Waals surface area contributed by atoms with E-state index in [2.05, 4.69) is 4.98 Å². The van der Waals surface area contributed by atoms with E-state index in [1.54, 1.807) is 33.0 Å². The standard InChI is InChI=1S/C13H13IN2O4S/c1-18-13(17)10-7-8-5-6-11(19-9-3-2-4-9)15-12(8)16(10)21-20-14/h5-7,9H,2-4H2,1H3. The van der Waals surface area contributed by atoms with Gasteiger partial charge in [0.05, 0.1) is 7.11 Å². The van der Waals surface area contributed by atoms with Crippen LogP contribution in [0.3, 0.4) is 0 Å². The summed E-state index contributed by atoms with van der Waals surface area (Å²) in [4.78, 5) is 16.3. The lowest BCUT2D eigenvalue weighted by molar-refractivity contribution is 0.0593. The fraction of sp³-hybridized carbons (Fsp3) is 0.385. The number of ether oxygens (including phenoxy) is 2. The number of methoxy groups -OCH3 is 1. The molecule has 112 valence electrons. The number of esters is 1. The summed E-state index contributed by atoms with van der Waals surface area (Å²) in [5.41, 5.74) is 0.997. The number of halogens is 1. The van der Waals surface area contributed by atoms with Crippen molar-refractivity contribution in [3.05, 3.63) is 23.9 Å². The number of carbonyl (C=O) groups excluding carboxylic acids is 1. The van der Waals surface area contributed by atoms with Crippen molar-refractivity contribution >= 4 is 52.2 Å². The van der Waals surface area contributed by atoms with Gasteiger partial charge in [0.15, 0.2) is 5.65 Å². The van der Waals surface area contributed by atoms with E-state index < -0.39 is 5.97 Å². The number of hydrogen-bond donors (Lipinski definition) is 0. The van der Waals surface area contributed by atoms with Crippen LogP contribution in [-0.4, -0.2) is 28.1 Å². The van der Waals surface area contributed by atoms with Gasteiger partial charge in [-0.15, -0.1) is 0 Å². The molecule has 0 radical (unpaired) electrons. The van der Waals surface area contributed by atoms with Crippen molar-refractivity contribution in [1.82, 2.24) is 8.96 Å². The van der Waals surface area contributed by atoms with Crippen molar-refractivity contribution in [2.75, 3.05) is 7.11 Å². The molecular weight excluding hydrogens is 407 g/mol. The third-order valence-corrected chi connectivity index (χ3v) is 4.48. The third-order valence-electron chi connectivity index (χ3n) is 3.42. The normalized spacial score (nSPS) is 15.0. The van der Waals surface area contributed by atoms with Gasteiger partial charge < -0.3 is 9.47 Å². The fourth-order valence-corrected chi connectivity index (χ4v) is 3.08. The molecule has 0 spiro atoms. The molecular formula is C13H13IN2O4S. The molecule has 2 heterocycles. The Labute approximate surface area is 140 Å². The Hall–Kier alpha value is -1.00. The summed E-state index contributed by atoms with van der Waals surface area (Å²) in [5.74, 6) is 0.132. The molecule has 0 N–H and O–H groups in total. The number of hydrogen-bond acceptors (Lipinski definition) is 6. The average Bonchev–Trinajstić information content (AvgIpc) is 2.81. The molecule has 21 heavy (non-hydrogen) atoms. The topological polar surface area (TPSA) is 62.6 Å². The molecule has 0 saturated heterocycles. The lowest BCUT2D eigenvalue weighted by Gasteiger charge is -2.25. The van der Waals surface area contributed by atoms with Crippen LogP contribution in [0.1, 0.15) is 29.8 Å². The van der Waals surface area contributed by atoms with Crippen LogP contribution in [0.2, 0.25) is 0 Å². The first-order chi connectivity index (χ1) is 10.2. The van der Waals surface area contributed by atoms with Crippen molar-refractivity contribution in [1.29, 1.82) is 0 Å². The highest BCUT2D eigenvalue weighted by Crippen LogP contribution is 2.29. The number of nitrogens with zero attached hydrogens (tertiary/aromatic N) is 2. The molecule has 0 aromatic carbocycles. The lowest BCUT2D eigenvalue weighted by Crippen LogP contribution is -2.24. The molecule has 1 aliphatic carbocycles. The summed E-state index contributed by atoms with van der Waals surface area (Å²) >= 11 is 2.76. The fourth-order valence-electron chi connectivity index (χ4n) is 2.11. The van der Waals surface area contributed by atoms with Crippen LogP contribution in [0.25, 0.3) is 11.0 Å². The largest absolute Gasteiger partial charge is 0.474 e. The Bertz CT molecular complexity index is 671. The molecule has 1 aliphatic rings. The number of aromatic nitrogens is 2. The van der Waals surface area contributed by atoms with E-state index >= 15 is 0 Å². The Morgan fingerprint density at radius 1 is 1.48 bits per heavy atom. The first-order valence-corrected chi connectivity index (χ1v) is 8.04. The maximum absolute atomic E-state index is 11.8. The van der Waals surface area contributed by atoms with E-state index in [0.29, 0.717) is 17.2 Å². The SMILES string of the molecule is COC(=O)c1cc2ccc(OC3CCC3)nc2n1SOI. The van der Waals surface area contributed by atoms with E-state index in [-0.39, 0.29) is 6.10 Å². The van der Waals surface area contributed by atoms with E-state index in [0.717, 1.165) is 30.5 Å². The van der Waals surface area contributed by atoms with Crippen LogP contribution < -0.4 is 4.74 Å². The van der Waals surface area contributed by atoms with Crippen molar-refractivity contribution < 1.29 is 16.8 Å². The summed E-state index contributed by atoms with van der Waals surface area (Å²) in [7, 11) is 1.35. The Kier molecular flexibility index (Phi) is 4.55. The molecule has 2 aromatic heterocycles. The minimum atomic E-state index is -0.435. The zero-order valence-electron chi connectivity index (χ0n) is 11.2. The van der Waals surface area contributed by atoms with Gasteiger partial charge in [-0.25, -0.2) is 11.3 Å². The van der Waals surface area contributed by atoms with Crippen LogP contribution in [-0.2, 0) is 7.25 Å². The predicted molar refractivity (Wildman–Crippen MR) is 87.4 cm³/mol. The highest BCUT2D eigenvalue weighted by atomic mass is 127. The van der Waals surface area contributed by atoms with Crippen LogP contribution >= 0.6 is 35.2 Å². The summed E-state index contributed by atoms with van der Waals surface area (Å²) in [6.45, 7) is 0. The summed E-state index contributed by atoms with van der Waals surface area (Å²) in [6.07, 6.45) is 3.60. The predicted octanol–water partition coefficient (Wildman–Crippen LogP) is 3.53. The third kappa shape index (κ3) is 2.97. The van der Waals surface area contributed by atoms with E-state index in [4.69, 9.17) is 12.0 Å². The van der Waals surface area contributed by atoms with Crippen LogP contribution in [0.5, 0.6) is 5.88 Å². The van der Waals surface area contributed by atoms with Gasteiger partial charge in [-0.05, 0) is 31.4 Å². The second kappa shape index (κ2) is 6.41. The number of rotatable bonds is 5. The van der Waals surface area contributed by atoms with Gasteiger partial charge in [0.25, 0.3) is 0 Å². The van der Waals surface area contributed by atoms with Gasteiger partial charge in [0.2, 0.25) is 5.88 Å². The number of carbonyl (C=O) groups is 1. The maximum atomic E-state index is 11.8. The summed E-state index contributed by atoms with van der Waals surface area (Å²) in [6, 6.07) is 5.43. The first kappa shape index (κ1) is 14.9. The quantitative estimate of drug-likeness (QED) is 0.419. The molecule has 0 bridgehead atoms. The highest BCUT2D eigenvalue weighted by Gasteiger charge is 2.22. The highest BCUT2D eigenvalue weighted by molar-refractivity contribution is 14.1. The maximum Gasteiger partial charge on any atom is 0.355 e. The van der Waals surface area contributed by atoms with Crippen LogP contribution in [0, 0.1) is 0 Å². The van der Waals surface area contributed by atoms with Crippen LogP contribution in [0.15, 0.2) is 18.2 Å². The number of pyridine rings is 1. The Balaban J connectivity index is 2.00. The molecule has 6 nitrogen and oxygen atoms in total. The van der Waals surface area contributed by atoms with Crippen molar-refractivity contribution in [3.63, 3.8) is 0 Å². The smallest absolute Gasteiger partial charge is 0.355 e. The molecule has 0 unspecified atom stereocenters. The van der Waals surface area contributed by atoms with E-state index in [1.807, 2.05) is 12.1 Å². The van der Waals surface area contributed by atoms with E-state index in [9.17, 15) is 4.79 Å². The molecule has 8 heteroatoms. The molecule has 1 fully saturated rings. The average molecular weight is 420 g/mol. The van der Waals surface area contributed by atoms with Gasteiger partial charge in [-0.1, -0.05) is 0 Å². The Morgan fingerprint density at radius 2 is 2.29 bits per heavy atom. The molecule has 0 amide bonds. The monoisotopic (exact) mass is 420 g/mol. The van der Waals surface area contributed by atoms with Gasteiger partial charge in [-0.3, -0.25) is 0 Å². The molecule has 2 aromatic rings.